The predicted molar refractivity (Wildman–Crippen MR) is 81.6 cm³/mol. The zero-order valence-electron chi connectivity index (χ0n) is 12.2. The van der Waals surface area contributed by atoms with E-state index in [0.717, 1.165) is 22.6 Å². The van der Waals surface area contributed by atoms with Crippen molar-refractivity contribution < 1.29 is 20.1 Å². The van der Waals surface area contributed by atoms with Crippen molar-refractivity contribution in [2.75, 3.05) is 12.4 Å². The Morgan fingerprint density at radius 3 is 2.82 bits per heavy atom. The van der Waals surface area contributed by atoms with Crippen molar-refractivity contribution in [3.8, 4) is 0 Å². The first-order valence-electron chi connectivity index (χ1n) is 7.24. The molecule has 4 atom stereocenters. The molecule has 8 heteroatoms. The number of rotatable bonds is 5. The number of thioether (sulfide) groups is 1. The molecule has 22 heavy (non-hydrogen) atoms. The molecule has 1 aliphatic heterocycles. The standard InChI is InChI=1S/C14H19N3O4S/c1-2-5-22-13-8-3-4-17(12(8)15-7-16-13)14-11(20)10(19)9(6-18)21-14/h3-4,7,9-11,14,18-20H,2,5-6H2,1H3/t9-,10-,11-,14-/m1/s1. The smallest absolute Gasteiger partial charge is 0.164 e. The van der Waals surface area contributed by atoms with Crippen LogP contribution in [0.3, 0.4) is 0 Å². The number of aromatic nitrogens is 3. The van der Waals surface area contributed by atoms with Crippen LogP contribution in [0.15, 0.2) is 23.6 Å². The zero-order valence-corrected chi connectivity index (χ0v) is 13.0. The second-order valence-corrected chi connectivity index (χ2v) is 6.30. The van der Waals surface area contributed by atoms with Crippen LogP contribution in [0.5, 0.6) is 0 Å². The Labute approximate surface area is 132 Å². The van der Waals surface area contributed by atoms with Crippen molar-refractivity contribution in [2.24, 2.45) is 0 Å². The molecule has 0 aliphatic carbocycles. The third-order valence-electron chi connectivity index (χ3n) is 3.71. The number of hydrogen-bond donors (Lipinski definition) is 3. The van der Waals surface area contributed by atoms with Gasteiger partial charge in [0.05, 0.1) is 12.0 Å². The largest absolute Gasteiger partial charge is 0.394 e. The first-order valence-corrected chi connectivity index (χ1v) is 8.22. The lowest BCUT2D eigenvalue weighted by Crippen LogP contribution is -2.33. The summed E-state index contributed by atoms with van der Waals surface area (Å²) in [6.07, 6.45) is 0.481. The van der Waals surface area contributed by atoms with E-state index in [2.05, 4.69) is 16.9 Å². The maximum absolute atomic E-state index is 10.1. The molecule has 1 saturated heterocycles. The summed E-state index contributed by atoms with van der Waals surface area (Å²) in [6.45, 7) is 1.76. The highest BCUT2D eigenvalue weighted by atomic mass is 32.2. The van der Waals surface area contributed by atoms with E-state index in [0.29, 0.717) is 5.65 Å². The van der Waals surface area contributed by atoms with Crippen molar-refractivity contribution in [1.82, 2.24) is 14.5 Å². The maximum atomic E-state index is 10.1. The van der Waals surface area contributed by atoms with E-state index in [4.69, 9.17) is 4.74 Å². The van der Waals surface area contributed by atoms with Gasteiger partial charge in [0.2, 0.25) is 0 Å². The Morgan fingerprint density at radius 2 is 2.14 bits per heavy atom. The average Bonchev–Trinajstić information content (AvgIpc) is 3.08. The van der Waals surface area contributed by atoms with Crippen molar-refractivity contribution in [1.29, 1.82) is 0 Å². The van der Waals surface area contributed by atoms with Crippen molar-refractivity contribution in [3.63, 3.8) is 0 Å². The van der Waals surface area contributed by atoms with Crippen LogP contribution in [0, 0.1) is 0 Å². The number of hydrogen-bond acceptors (Lipinski definition) is 7. The summed E-state index contributed by atoms with van der Waals surface area (Å²) >= 11 is 1.66. The molecule has 2 aromatic rings. The van der Waals surface area contributed by atoms with Crippen LogP contribution in [0.4, 0.5) is 0 Å². The van der Waals surface area contributed by atoms with Gasteiger partial charge in [-0.05, 0) is 18.2 Å². The van der Waals surface area contributed by atoms with Crippen molar-refractivity contribution >= 4 is 22.8 Å². The van der Waals surface area contributed by atoms with E-state index in [1.54, 1.807) is 22.5 Å². The molecule has 2 aromatic heterocycles. The molecule has 3 N–H and O–H groups in total. The predicted octanol–water partition coefficient (Wildman–Crippen LogP) is 0.545. The van der Waals surface area contributed by atoms with E-state index in [-0.39, 0.29) is 6.61 Å². The van der Waals surface area contributed by atoms with E-state index in [9.17, 15) is 15.3 Å². The molecular formula is C14H19N3O4S. The summed E-state index contributed by atoms with van der Waals surface area (Å²) in [5, 5.41) is 31.0. The van der Waals surface area contributed by atoms with Gasteiger partial charge in [0.1, 0.15) is 35.3 Å². The van der Waals surface area contributed by atoms with Gasteiger partial charge in [-0.15, -0.1) is 11.8 Å². The van der Waals surface area contributed by atoms with Gasteiger partial charge in [-0.1, -0.05) is 6.92 Å². The summed E-state index contributed by atoms with van der Waals surface area (Å²) < 4.78 is 7.23. The van der Waals surface area contributed by atoms with Crippen LogP contribution in [0.25, 0.3) is 11.0 Å². The Morgan fingerprint density at radius 1 is 1.32 bits per heavy atom. The third kappa shape index (κ3) is 2.61. The number of ether oxygens (including phenoxy) is 1. The first kappa shape index (κ1) is 15.7. The topological polar surface area (TPSA) is 101 Å². The van der Waals surface area contributed by atoms with E-state index < -0.39 is 24.5 Å². The monoisotopic (exact) mass is 325 g/mol. The lowest BCUT2D eigenvalue weighted by molar-refractivity contribution is -0.0508. The second kappa shape index (κ2) is 6.51. The number of nitrogens with zero attached hydrogens (tertiary/aromatic N) is 3. The van der Waals surface area contributed by atoms with Crippen molar-refractivity contribution in [3.05, 3.63) is 18.6 Å². The molecule has 3 heterocycles. The van der Waals surface area contributed by atoms with Crippen molar-refractivity contribution in [2.45, 2.75) is 42.9 Å². The lowest BCUT2D eigenvalue weighted by Gasteiger charge is -2.17. The normalized spacial score (nSPS) is 28.5. The molecule has 7 nitrogen and oxygen atoms in total. The Bertz CT molecular complexity index is 650. The number of aliphatic hydroxyl groups is 3. The Balaban J connectivity index is 1.95. The molecule has 0 unspecified atom stereocenters. The molecule has 0 spiro atoms. The molecule has 120 valence electrons. The van der Waals surface area contributed by atoms with Gasteiger partial charge in [-0.25, -0.2) is 9.97 Å². The van der Waals surface area contributed by atoms with Gasteiger partial charge in [0.25, 0.3) is 0 Å². The van der Waals surface area contributed by atoms with Gasteiger partial charge in [0, 0.05) is 6.20 Å². The van der Waals surface area contributed by atoms with Crippen LogP contribution >= 0.6 is 11.8 Å². The minimum Gasteiger partial charge on any atom is -0.394 e. The highest BCUT2D eigenvalue weighted by Crippen LogP contribution is 2.33. The molecule has 3 rings (SSSR count). The third-order valence-corrected chi connectivity index (χ3v) is 4.92. The fourth-order valence-electron chi connectivity index (χ4n) is 2.58. The minimum atomic E-state index is -1.12. The number of fused-ring (bicyclic) bond motifs is 1. The van der Waals surface area contributed by atoms with Crippen LogP contribution in [-0.2, 0) is 4.74 Å². The molecule has 0 amide bonds. The summed E-state index contributed by atoms with van der Waals surface area (Å²) in [4.78, 5) is 8.56. The van der Waals surface area contributed by atoms with Gasteiger partial charge in [0.15, 0.2) is 6.23 Å². The highest BCUT2D eigenvalue weighted by molar-refractivity contribution is 7.99. The fraction of sp³-hybridized carbons (Fsp3) is 0.571. The Hall–Kier alpha value is -1.19. The maximum Gasteiger partial charge on any atom is 0.164 e. The molecule has 1 aliphatic rings. The second-order valence-electron chi connectivity index (χ2n) is 5.22. The summed E-state index contributed by atoms with van der Waals surface area (Å²) in [6, 6.07) is 1.88. The molecule has 0 aromatic carbocycles. The highest BCUT2D eigenvalue weighted by Gasteiger charge is 2.43. The summed E-state index contributed by atoms with van der Waals surface area (Å²) in [5.41, 5.74) is 0.642. The average molecular weight is 325 g/mol. The quantitative estimate of drug-likeness (QED) is 0.545. The lowest BCUT2D eigenvalue weighted by atomic mass is 10.1. The summed E-state index contributed by atoms with van der Waals surface area (Å²) in [5.74, 6) is 0.963. The van der Waals surface area contributed by atoms with Crippen LogP contribution < -0.4 is 0 Å². The van der Waals surface area contributed by atoms with Gasteiger partial charge in [-0.2, -0.15) is 0 Å². The van der Waals surface area contributed by atoms with E-state index in [1.807, 2.05) is 6.07 Å². The van der Waals surface area contributed by atoms with Crippen LogP contribution in [-0.4, -0.2) is 60.5 Å². The molecule has 0 bridgehead atoms. The molecule has 1 fully saturated rings. The molecule has 0 saturated carbocycles. The van der Waals surface area contributed by atoms with Gasteiger partial charge < -0.3 is 24.6 Å². The summed E-state index contributed by atoms with van der Waals surface area (Å²) in [7, 11) is 0. The zero-order chi connectivity index (χ0) is 15.7. The number of aliphatic hydroxyl groups excluding tert-OH is 3. The van der Waals surface area contributed by atoms with Gasteiger partial charge in [-0.3, -0.25) is 0 Å². The molecular weight excluding hydrogens is 306 g/mol. The molecule has 0 radical (unpaired) electrons. The fourth-order valence-corrected chi connectivity index (χ4v) is 3.41. The Kier molecular flexibility index (Phi) is 4.65. The SMILES string of the molecule is CCCSc1ncnc2c1ccn2[C@@H]1O[C@H](CO)[C@@H](O)[C@H]1O. The van der Waals surface area contributed by atoms with E-state index in [1.165, 1.54) is 6.33 Å². The first-order chi connectivity index (χ1) is 10.7. The van der Waals surface area contributed by atoms with Gasteiger partial charge >= 0.3 is 0 Å². The van der Waals surface area contributed by atoms with Crippen LogP contribution in [0.2, 0.25) is 0 Å². The minimum absolute atomic E-state index is 0.347. The van der Waals surface area contributed by atoms with E-state index >= 15 is 0 Å². The van der Waals surface area contributed by atoms with Crippen LogP contribution in [0.1, 0.15) is 19.6 Å².